The number of hydrogen-bond donors (Lipinski definition) is 4. The monoisotopic (exact) mass is 456 g/mol. The molecular formula is C24H44N2O6. The van der Waals surface area contributed by atoms with Crippen molar-refractivity contribution in [3.8, 4) is 5.75 Å². The molecule has 1 heterocycles. The normalized spacial score (nSPS) is 19.0. The number of nitrogens with one attached hydrogen (secondary N) is 2. The van der Waals surface area contributed by atoms with E-state index in [2.05, 4.69) is 10.6 Å². The molecule has 1 amide bonds. The van der Waals surface area contributed by atoms with Gasteiger partial charge in [0.15, 0.2) is 6.10 Å². The highest BCUT2D eigenvalue weighted by Gasteiger charge is 2.34. The highest BCUT2D eigenvalue weighted by molar-refractivity contribution is 5.92. The van der Waals surface area contributed by atoms with Crippen LogP contribution in [0.5, 0.6) is 5.75 Å². The molecule has 1 saturated heterocycles. The van der Waals surface area contributed by atoms with Gasteiger partial charge in [0, 0.05) is 25.8 Å². The van der Waals surface area contributed by atoms with Crippen molar-refractivity contribution < 1.29 is 29.3 Å². The van der Waals surface area contributed by atoms with Crippen molar-refractivity contribution in [1.82, 2.24) is 5.32 Å². The van der Waals surface area contributed by atoms with Crippen molar-refractivity contribution in [1.29, 1.82) is 0 Å². The molecule has 2 rings (SSSR count). The molecule has 1 aliphatic heterocycles. The van der Waals surface area contributed by atoms with Gasteiger partial charge in [-0.15, -0.1) is 0 Å². The van der Waals surface area contributed by atoms with Gasteiger partial charge in [-0.1, -0.05) is 54.5 Å². The number of anilines is 1. The molecular weight excluding hydrogens is 412 g/mol. The van der Waals surface area contributed by atoms with Gasteiger partial charge in [-0.3, -0.25) is 4.79 Å². The lowest BCUT2D eigenvalue weighted by molar-refractivity contribution is -0.195. The van der Waals surface area contributed by atoms with Crippen LogP contribution in [0.15, 0.2) is 18.2 Å². The Morgan fingerprint density at radius 3 is 2.28 bits per heavy atom. The van der Waals surface area contributed by atoms with Crippen molar-refractivity contribution in [3.05, 3.63) is 23.8 Å². The van der Waals surface area contributed by atoms with Crippen molar-refractivity contribution in [3.63, 3.8) is 0 Å². The van der Waals surface area contributed by atoms with Crippen LogP contribution in [-0.4, -0.2) is 54.2 Å². The third-order valence-electron chi connectivity index (χ3n) is 4.13. The van der Waals surface area contributed by atoms with Crippen LogP contribution in [-0.2, 0) is 20.7 Å². The van der Waals surface area contributed by atoms with Gasteiger partial charge in [0.05, 0.1) is 11.8 Å². The molecule has 1 aromatic rings. The van der Waals surface area contributed by atoms with Gasteiger partial charge >= 0.3 is 5.97 Å². The molecule has 186 valence electrons. The largest absolute Gasteiger partial charge is 0.479 e. The smallest absolute Gasteiger partial charge is 0.333 e. The first-order valence-electron chi connectivity index (χ1n) is 11.7. The van der Waals surface area contributed by atoms with Gasteiger partial charge in [-0.05, 0) is 31.2 Å². The fourth-order valence-corrected chi connectivity index (χ4v) is 2.69. The Bertz CT molecular complexity index is 639. The Kier molecular flexibility index (Phi) is 19.5. The number of aryl methyl sites for hydroxylation is 1. The SMILES string of the molecule is CC.CC.CC.CCc1ccc(OC2CC(O)CC(C(=O)O)O2)c(NC(=O)CCNC)c1. The van der Waals surface area contributed by atoms with Gasteiger partial charge in [0.1, 0.15) is 5.75 Å². The summed E-state index contributed by atoms with van der Waals surface area (Å²) in [6.07, 6.45) is -1.55. The molecule has 1 aliphatic rings. The number of carbonyl (C=O) groups is 2. The van der Waals surface area contributed by atoms with Gasteiger partial charge < -0.3 is 30.3 Å². The summed E-state index contributed by atoms with van der Waals surface area (Å²) in [6, 6.07) is 5.40. The number of hydrogen-bond acceptors (Lipinski definition) is 6. The first kappa shape index (κ1) is 32.0. The second-order valence-corrected chi connectivity index (χ2v) is 6.22. The van der Waals surface area contributed by atoms with Crippen molar-refractivity contribution >= 4 is 17.6 Å². The lowest BCUT2D eigenvalue weighted by Crippen LogP contribution is -2.42. The third-order valence-corrected chi connectivity index (χ3v) is 4.13. The van der Waals surface area contributed by atoms with Crippen LogP contribution in [0.25, 0.3) is 0 Å². The number of rotatable bonds is 8. The number of carboxylic acids is 1. The van der Waals surface area contributed by atoms with Crippen molar-refractivity contribution in [2.75, 3.05) is 18.9 Å². The molecule has 0 spiro atoms. The first-order chi connectivity index (χ1) is 15.4. The van der Waals surface area contributed by atoms with Gasteiger partial charge in [0.25, 0.3) is 0 Å². The molecule has 3 unspecified atom stereocenters. The quantitative estimate of drug-likeness (QED) is 0.463. The molecule has 0 radical (unpaired) electrons. The fourth-order valence-electron chi connectivity index (χ4n) is 2.69. The summed E-state index contributed by atoms with van der Waals surface area (Å²) >= 11 is 0. The molecule has 1 aromatic carbocycles. The molecule has 3 atom stereocenters. The van der Waals surface area contributed by atoms with E-state index >= 15 is 0 Å². The minimum absolute atomic E-state index is 0.0254. The zero-order chi connectivity index (χ0) is 25.1. The minimum atomic E-state index is -1.14. The standard InChI is InChI=1S/C18H26N2O6.3C2H6/c1-3-11-4-5-14(13(8-11)20-16(22)6-7-19-2)25-17-10-12(21)9-15(26-17)18(23)24;3*1-2/h4-5,8,12,15,17,19,21H,3,6-7,9-10H2,1-2H3,(H,20,22)(H,23,24);3*1-2H3. The average molecular weight is 457 g/mol. The van der Waals surface area contributed by atoms with E-state index in [0.717, 1.165) is 12.0 Å². The van der Waals surface area contributed by atoms with Crippen LogP contribution in [0.4, 0.5) is 5.69 Å². The summed E-state index contributed by atoms with van der Waals surface area (Å²) < 4.78 is 11.2. The summed E-state index contributed by atoms with van der Waals surface area (Å²) in [5.41, 5.74) is 1.52. The predicted molar refractivity (Wildman–Crippen MR) is 129 cm³/mol. The lowest BCUT2D eigenvalue weighted by Gasteiger charge is -2.31. The number of amides is 1. The molecule has 0 aromatic heterocycles. The molecule has 1 fully saturated rings. The van der Waals surface area contributed by atoms with Crippen LogP contribution in [0.1, 0.15) is 73.3 Å². The topological polar surface area (TPSA) is 117 Å². The summed E-state index contributed by atoms with van der Waals surface area (Å²) in [6.45, 7) is 14.5. The summed E-state index contributed by atoms with van der Waals surface area (Å²) in [7, 11) is 1.77. The third kappa shape index (κ3) is 12.0. The number of benzene rings is 1. The number of ether oxygens (including phenoxy) is 2. The van der Waals surface area contributed by atoms with E-state index in [9.17, 15) is 14.7 Å². The van der Waals surface area contributed by atoms with E-state index < -0.39 is 24.5 Å². The van der Waals surface area contributed by atoms with Crippen molar-refractivity contribution in [2.24, 2.45) is 0 Å². The number of carboxylic acid groups (broad SMARTS) is 1. The molecule has 0 bridgehead atoms. The maximum Gasteiger partial charge on any atom is 0.333 e. The molecule has 4 N–H and O–H groups in total. The maximum atomic E-state index is 12.1. The Morgan fingerprint density at radius 1 is 1.12 bits per heavy atom. The van der Waals surface area contributed by atoms with E-state index in [0.29, 0.717) is 24.4 Å². The van der Waals surface area contributed by atoms with Gasteiger partial charge in [0.2, 0.25) is 12.2 Å². The Hall–Kier alpha value is -2.16. The molecule has 8 heteroatoms. The van der Waals surface area contributed by atoms with Crippen molar-refractivity contribution in [2.45, 2.75) is 92.6 Å². The zero-order valence-corrected chi connectivity index (χ0v) is 21.0. The molecule has 0 aliphatic carbocycles. The summed E-state index contributed by atoms with van der Waals surface area (Å²) in [5.74, 6) is -0.923. The van der Waals surface area contributed by atoms with E-state index in [1.807, 2.05) is 60.6 Å². The molecule has 8 nitrogen and oxygen atoms in total. The van der Waals surface area contributed by atoms with Crippen LogP contribution in [0, 0.1) is 0 Å². The number of aliphatic carboxylic acids is 1. The minimum Gasteiger partial charge on any atom is -0.479 e. The van der Waals surface area contributed by atoms with Crippen LogP contribution in [0.2, 0.25) is 0 Å². The van der Waals surface area contributed by atoms with Gasteiger partial charge in [-0.2, -0.15) is 0 Å². The first-order valence-corrected chi connectivity index (χ1v) is 11.7. The Balaban J connectivity index is 0. The molecule has 0 saturated carbocycles. The van der Waals surface area contributed by atoms with Crippen LogP contribution >= 0.6 is 0 Å². The second kappa shape index (κ2) is 19.5. The van der Waals surface area contributed by atoms with Gasteiger partial charge in [-0.25, -0.2) is 4.79 Å². The number of aliphatic hydroxyl groups is 1. The average Bonchev–Trinajstić information content (AvgIpc) is 2.82. The second-order valence-electron chi connectivity index (χ2n) is 6.22. The Morgan fingerprint density at radius 2 is 1.75 bits per heavy atom. The van der Waals surface area contributed by atoms with E-state index in [1.165, 1.54) is 0 Å². The Labute approximate surface area is 193 Å². The van der Waals surface area contributed by atoms with E-state index in [-0.39, 0.29) is 18.7 Å². The summed E-state index contributed by atoms with van der Waals surface area (Å²) in [5, 5.41) is 24.7. The van der Waals surface area contributed by atoms with Crippen LogP contribution < -0.4 is 15.4 Å². The predicted octanol–water partition coefficient (Wildman–Crippen LogP) is 4.21. The maximum absolute atomic E-state index is 12.1. The number of aliphatic hydroxyl groups excluding tert-OH is 1. The van der Waals surface area contributed by atoms with E-state index in [4.69, 9.17) is 14.6 Å². The highest BCUT2D eigenvalue weighted by atomic mass is 16.7. The lowest BCUT2D eigenvalue weighted by atomic mass is 10.1. The van der Waals surface area contributed by atoms with E-state index in [1.54, 1.807) is 13.1 Å². The zero-order valence-electron chi connectivity index (χ0n) is 21.0. The highest BCUT2D eigenvalue weighted by Crippen LogP contribution is 2.30. The summed E-state index contributed by atoms with van der Waals surface area (Å²) in [4.78, 5) is 23.2. The van der Waals surface area contributed by atoms with Crippen LogP contribution in [0.3, 0.4) is 0 Å². The fraction of sp³-hybridized carbons (Fsp3) is 0.667. The molecule has 32 heavy (non-hydrogen) atoms. The number of carbonyl (C=O) groups excluding carboxylic acids is 1.